The summed E-state index contributed by atoms with van der Waals surface area (Å²) >= 11 is 0. The number of alkyl carbamates (subject to hydrolysis) is 1. The maximum absolute atomic E-state index is 13.6. The Morgan fingerprint density at radius 1 is 0.977 bits per heavy atom. The number of carbonyl (C=O) groups is 5. The SMILES string of the molecule is CC(C)(C)NC(=O)[C@@H]1C[C@@H](O)CN1C(=O)[C@@H](O)[C@H](Cc1ccccc1)NC(=O)[C@H](CC(N)=O)NC(=O)OCc1ccccc1. The molecule has 7 N–H and O–H groups in total. The molecule has 2 aromatic rings. The van der Waals surface area contributed by atoms with E-state index >= 15 is 0 Å². The summed E-state index contributed by atoms with van der Waals surface area (Å²) in [5, 5.41) is 29.3. The van der Waals surface area contributed by atoms with Crippen LogP contribution in [0.5, 0.6) is 0 Å². The van der Waals surface area contributed by atoms with Crippen molar-refractivity contribution in [1.29, 1.82) is 0 Å². The molecule has 0 aromatic heterocycles. The normalized spacial score (nSPS) is 18.4. The molecule has 13 nitrogen and oxygen atoms in total. The molecule has 1 aliphatic heterocycles. The van der Waals surface area contributed by atoms with Gasteiger partial charge in [-0.1, -0.05) is 60.7 Å². The maximum atomic E-state index is 13.6. The highest BCUT2D eigenvalue weighted by atomic mass is 16.5. The minimum absolute atomic E-state index is 0.0174. The van der Waals surface area contributed by atoms with Crippen LogP contribution in [0.4, 0.5) is 4.79 Å². The summed E-state index contributed by atoms with van der Waals surface area (Å²) in [6, 6.07) is 13.8. The summed E-state index contributed by atoms with van der Waals surface area (Å²) in [7, 11) is 0. The summed E-state index contributed by atoms with van der Waals surface area (Å²) in [5.74, 6) is -3.14. The molecule has 0 spiro atoms. The quantitative estimate of drug-likeness (QED) is 0.194. The van der Waals surface area contributed by atoms with Crippen molar-refractivity contribution in [3.05, 3.63) is 71.8 Å². The molecule has 0 radical (unpaired) electrons. The largest absolute Gasteiger partial charge is 0.445 e. The van der Waals surface area contributed by atoms with Crippen molar-refractivity contribution < 1.29 is 38.9 Å². The Bertz CT molecular complexity index is 1300. The van der Waals surface area contributed by atoms with E-state index in [9.17, 15) is 34.2 Å². The zero-order valence-corrected chi connectivity index (χ0v) is 25.1. The summed E-state index contributed by atoms with van der Waals surface area (Å²) in [4.78, 5) is 65.3. The Labute approximate surface area is 256 Å². The van der Waals surface area contributed by atoms with E-state index in [0.29, 0.717) is 11.1 Å². The first-order valence-electron chi connectivity index (χ1n) is 14.3. The molecule has 0 unspecified atom stereocenters. The Balaban J connectivity index is 1.79. The van der Waals surface area contributed by atoms with E-state index in [-0.39, 0.29) is 26.0 Å². The standard InChI is InChI=1S/C31H41N5O8/c1-31(2,3)35-28(41)24-15-21(37)17-36(24)29(42)26(39)22(14-19-10-6-4-7-11-19)33-27(40)23(16-25(32)38)34-30(43)44-18-20-12-8-5-9-13-20/h4-13,21-24,26,37,39H,14-18H2,1-3H3,(H2,32,38)(H,33,40)(H,34,43)(H,35,41)/t21-,22+,23+,24+,26+/m1/s1. The number of amides is 5. The van der Waals surface area contributed by atoms with Crippen LogP contribution in [0.2, 0.25) is 0 Å². The Hall–Kier alpha value is -4.49. The molecule has 1 heterocycles. The molecule has 0 aliphatic carbocycles. The molecule has 13 heteroatoms. The molecule has 5 atom stereocenters. The zero-order valence-electron chi connectivity index (χ0n) is 25.1. The van der Waals surface area contributed by atoms with Crippen LogP contribution in [0.25, 0.3) is 0 Å². The van der Waals surface area contributed by atoms with Gasteiger partial charge in [-0.2, -0.15) is 0 Å². The van der Waals surface area contributed by atoms with Gasteiger partial charge in [-0.15, -0.1) is 0 Å². The molecule has 0 bridgehead atoms. The van der Waals surface area contributed by atoms with Crippen LogP contribution in [0.1, 0.15) is 44.7 Å². The van der Waals surface area contributed by atoms with Crippen LogP contribution in [-0.2, 0) is 36.9 Å². The molecular formula is C31H41N5O8. The first-order valence-corrected chi connectivity index (χ1v) is 14.3. The molecule has 2 aromatic carbocycles. The molecular weight excluding hydrogens is 570 g/mol. The number of primary amides is 1. The third-order valence-electron chi connectivity index (χ3n) is 6.85. The first kappa shape index (κ1) is 34.0. The van der Waals surface area contributed by atoms with Gasteiger partial charge in [-0.25, -0.2) is 4.79 Å². The summed E-state index contributed by atoms with van der Waals surface area (Å²) < 4.78 is 5.17. The van der Waals surface area contributed by atoms with Crippen molar-refractivity contribution in [3.63, 3.8) is 0 Å². The molecule has 1 aliphatic rings. The van der Waals surface area contributed by atoms with E-state index in [2.05, 4.69) is 16.0 Å². The van der Waals surface area contributed by atoms with E-state index in [1.165, 1.54) is 0 Å². The first-order chi connectivity index (χ1) is 20.7. The number of likely N-dealkylation sites (tertiary alicyclic amines) is 1. The third-order valence-corrected chi connectivity index (χ3v) is 6.85. The van der Waals surface area contributed by atoms with Crippen molar-refractivity contribution in [2.45, 2.75) is 82.5 Å². The number of β-amino-alcohol motifs (C(OH)–C–C–N with tert-alkyl or cyclic N) is 1. The molecule has 0 saturated carbocycles. The van der Waals surface area contributed by atoms with Crippen LogP contribution >= 0.6 is 0 Å². The highest BCUT2D eigenvalue weighted by molar-refractivity contribution is 5.93. The predicted molar refractivity (Wildman–Crippen MR) is 159 cm³/mol. The number of aliphatic hydroxyl groups excluding tert-OH is 2. The number of benzene rings is 2. The van der Waals surface area contributed by atoms with E-state index in [1.807, 2.05) is 0 Å². The van der Waals surface area contributed by atoms with Crippen LogP contribution in [-0.4, -0.2) is 87.3 Å². The number of hydrogen-bond acceptors (Lipinski definition) is 8. The summed E-state index contributed by atoms with van der Waals surface area (Å²) in [6.45, 7) is 5.04. The predicted octanol–water partition coefficient (Wildman–Crippen LogP) is 0.122. The molecule has 1 fully saturated rings. The second-order valence-corrected chi connectivity index (χ2v) is 11.8. The highest BCUT2D eigenvalue weighted by Gasteiger charge is 2.43. The summed E-state index contributed by atoms with van der Waals surface area (Å²) in [6.07, 6.45) is -4.45. The van der Waals surface area contributed by atoms with Gasteiger partial charge in [-0.3, -0.25) is 19.2 Å². The number of rotatable bonds is 12. The van der Waals surface area contributed by atoms with Crippen molar-refractivity contribution in [2.24, 2.45) is 5.73 Å². The lowest BCUT2D eigenvalue weighted by Crippen LogP contribution is -2.59. The van der Waals surface area contributed by atoms with Crippen LogP contribution in [0, 0.1) is 0 Å². The highest BCUT2D eigenvalue weighted by Crippen LogP contribution is 2.22. The van der Waals surface area contributed by atoms with Crippen molar-refractivity contribution in [1.82, 2.24) is 20.9 Å². The lowest BCUT2D eigenvalue weighted by Gasteiger charge is -2.32. The topological polar surface area (TPSA) is 200 Å². The van der Waals surface area contributed by atoms with E-state index in [0.717, 1.165) is 4.90 Å². The van der Waals surface area contributed by atoms with Crippen LogP contribution < -0.4 is 21.7 Å². The monoisotopic (exact) mass is 611 g/mol. The fourth-order valence-corrected chi connectivity index (χ4v) is 4.81. The minimum Gasteiger partial charge on any atom is -0.445 e. The summed E-state index contributed by atoms with van der Waals surface area (Å²) in [5.41, 5.74) is 6.09. The number of ether oxygens (including phenoxy) is 1. The smallest absolute Gasteiger partial charge is 0.408 e. The average Bonchev–Trinajstić information content (AvgIpc) is 3.36. The zero-order chi connectivity index (χ0) is 32.4. The molecule has 238 valence electrons. The Kier molecular flexibility index (Phi) is 11.8. The minimum atomic E-state index is -1.85. The van der Waals surface area contributed by atoms with Gasteiger partial charge in [0.2, 0.25) is 17.7 Å². The van der Waals surface area contributed by atoms with Crippen molar-refractivity contribution in [2.75, 3.05) is 6.54 Å². The van der Waals surface area contributed by atoms with Gasteiger partial charge in [0.15, 0.2) is 6.10 Å². The Morgan fingerprint density at radius 3 is 2.14 bits per heavy atom. The second-order valence-electron chi connectivity index (χ2n) is 11.8. The fraction of sp³-hybridized carbons (Fsp3) is 0.452. The lowest BCUT2D eigenvalue weighted by molar-refractivity contribution is -0.147. The van der Waals surface area contributed by atoms with Crippen LogP contribution in [0.3, 0.4) is 0 Å². The lowest BCUT2D eigenvalue weighted by atomic mass is 9.99. The van der Waals surface area contributed by atoms with Crippen molar-refractivity contribution in [3.8, 4) is 0 Å². The van der Waals surface area contributed by atoms with Gasteiger partial charge in [0, 0.05) is 18.5 Å². The van der Waals surface area contributed by atoms with Crippen molar-refractivity contribution >= 4 is 29.7 Å². The molecule has 1 saturated heterocycles. The number of carbonyl (C=O) groups excluding carboxylic acids is 5. The van der Waals surface area contributed by atoms with Gasteiger partial charge in [0.05, 0.1) is 18.6 Å². The number of aliphatic hydroxyl groups is 2. The van der Waals surface area contributed by atoms with E-state index < -0.39 is 72.0 Å². The van der Waals surface area contributed by atoms with Gasteiger partial charge in [0.1, 0.15) is 18.7 Å². The maximum Gasteiger partial charge on any atom is 0.408 e. The fourth-order valence-electron chi connectivity index (χ4n) is 4.81. The molecule has 5 amide bonds. The van der Waals surface area contributed by atoms with Gasteiger partial charge in [-0.05, 0) is 38.3 Å². The van der Waals surface area contributed by atoms with E-state index in [4.69, 9.17) is 10.5 Å². The third kappa shape index (κ3) is 10.3. The van der Waals surface area contributed by atoms with Gasteiger partial charge >= 0.3 is 6.09 Å². The number of nitrogens with zero attached hydrogens (tertiary/aromatic N) is 1. The number of nitrogens with two attached hydrogens (primary N) is 1. The second kappa shape index (κ2) is 15.3. The van der Waals surface area contributed by atoms with E-state index in [1.54, 1.807) is 81.4 Å². The molecule has 44 heavy (non-hydrogen) atoms. The van der Waals surface area contributed by atoms with Crippen LogP contribution in [0.15, 0.2) is 60.7 Å². The number of nitrogens with one attached hydrogen (secondary N) is 3. The molecule has 3 rings (SSSR count). The number of hydrogen-bond donors (Lipinski definition) is 6. The average molecular weight is 612 g/mol. The Morgan fingerprint density at radius 2 is 1.57 bits per heavy atom. The van der Waals surface area contributed by atoms with Gasteiger partial charge < -0.3 is 41.5 Å². The van der Waals surface area contributed by atoms with Gasteiger partial charge in [0.25, 0.3) is 5.91 Å².